The van der Waals surface area contributed by atoms with E-state index in [1.807, 2.05) is 42.5 Å². The maximum atomic E-state index is 6.15. The van der Waals surface area contributed by atoms with E-state index in [0.29, 0.717) is 11.8 Å². The van der Waals surface area contributed by atoms with Crippen molar-refractivity contribution in [1.29, 1.82) is 0 Å². The normalized spacial score (nSPS) is 14.9. The van der Waals surface area contributed by atoms with Gasteiger partial charge in [0.05, 0.1) is 0 Å². The van der Waals surface area contributed by atoms with Crippen molar-refractivity contribution in [2.24, 2.45) is 0 Å². The molecule has 3 heterocycles. The monoisotopic (exact) mass is 400 g/mol. The van der Waals surface area contributed by atoms with Crippen molar-refractivity contribution >= 4 is 34.0 Å². The standard InChI is InChI=1S/C22H24N8/c1-28-12-14-29(15-13-28)18-8-6-17(7-9-18)25-22-26-21(23)30(27-22)20-19-5-3-2-4-16(19)10-11-24-20/h2-11H,12-15H2,1H3,(H3,23,25,26,27). The molecule has 8 nitrogen and oxygen atoms in total. The van der Waals surface area contributed by atoms with E-state index in [4.69, 9.17) is 5.73 Å². The van der Waals surface area contributed by atoms with E-state index in [1.54, 1.807) is 10.9 Å². The van der Waals surface area contributed by atoms with Gasteiger partial charge in [-0.1, -0.05) is 24.3 Å². The Balaban J connectivity index is 1.36. The van der Waals surface area contributed by atoms with Crippen molar-refractivity contribution in [3.8, 4) is 5.82 Å². The summed E-state index contributed by atoms with van der Waals surface area (Å²) in [5, 5.41) is 9.83. The van der Waals surface area contributed by atoms with Crippen LogP contribution in [0.5, 0.6) is 0 Å². The lowest BCUT2D eigenvalue weighted by molar-refractivity contribution is 0.313. The first-order chi connectivity index (χ1) is 14.7. The number of fused-ring (bicyclic) bond motifs is 1. The summed E-state index contributed by atoms with van der Waals surface area (Å²) in [6.07, 6.45) is 1.75. The smallest absolute Gasteiger partial charge is 0.248 e. The molecule has 2 aromatic heterocycles. The number of hydrogen-bond acceptors (Lipinski definition) is 7. The molecule has 8 heteroatoms. The Morgan fingerprint density at radius 1 is 0.933 bits per heavy atom. The highest BCUT2D eigenvalue weighted by Gasteiger charge is 2.15. The van der Waals surface area contributed by atoms with Crippen LogP contribution in [-0.2, 0) is 0 Å². The third-order valence-corrected chi connectivity index (χ3v) is 5.48. The van der Waals surface area contributed by atoms with E-state index in [1.165, 1.54) is 5.69 Å². The van der Waals surface area contributed by atoms with E-state index >= 15 is 0 Å². The predicted octanol–water partition coefficient (Wildman–Crippen LogP) is 2.89. The first-order valence-electron chi connectivity index (χ1n) is 10.0. The third-order valence-electron chi connectivity index (χ3n) is 5.48. The molecule has 0 aliphatic carbocycles. The Bertz CT molecular complexity index is 1150. The molecule has 2 aromatic carbocycles. The summed E-state index contributed by atoms with van der Waals surface area (Å²) in [6.45, 7) is 4.26. The Labute approximate surface area is 175 Å². The summed E-state index contributed by atoms with van der Waals surface area (Å²) in [4.78, 5) is 13.6. The highest BCUT2D eigenvalue weighted by molar-refractivity contribution is 5.88. The molecule has 0 spiro atoms. The number of aromatic nitrogens is 4. The van der Waals surface area contributed by atoms with Gasteiger partial charge in [0.25, 0.3) is 0 Å². The maximum Gasteiger partial charge on any atom is 0.248 e. The fourth-order valence-corrected chi connectivity index (χ4v) is 3.75. The molecule has 1 aliphatic rings. The van der Waals surface area contributed by atoms with Crippen LogP contribution in [0.1, 0.15) is 0 Å². The average molecular weight is 400 g/mol. The fraction of sp³-hybridized carbons (Fsp3) is 0.227. The van der Waals surface area contributed by atoms with Gasteiger partial charge < -0.3 is 20.9 Å². The topological polar surface area (TPSA) is 88.1 Å². The van der Waals surface area contributed by atoms with Crippen LogP contribution >= 0.6 is 0 Å². The van der Waals surface area contributed by atoms with Crippen LogP contribution in [0.2, 0.25) is 0 Å². The van der Waals surface area contributed by atoms with E-state index < -0.39 is 0 Å². The third kappa shape index (κ3) is 3.53. The van der Waals surface area contributed by atoms with Crippen LogP contribution in [0.4, 0.5) is 23.3 Å². The number of nitrogens with two attached hydrogens (primary N) is 1. The number of nitrogen functional groups attached to an aromatic ring is 1. The first kappa shape index (κ1) is 18.4. The quantitative estimate of drug-likeness (QED) is 0.544. The summed E-state index contributed by atoms with van der Waals surface area (Å²) >= 11 is 0. The summed E-state index contributed by atoms with van der Waals surface area (Å²) < 4.78 is 1.57. The van der Waals surface area contributed by atoms with Crippen LogP contribution in [0, 0.1) is 0 Å². The molecule has 0 amide bonds. The highest BCUT2D eigenvalue weighted by atomic mass is 15.4. The summed E-state index contributed by atoms with van der Waals surface area (Å²) in [5.74, 6) is 1.39. The SMILES string of the molecule is CN1CCN(c2ccc(Nc3nc(N)n(-c4nccc5ccccc45)n3)cc2)CC1. The van der Waals surface area contributed by atoms with Gasteiger partial charge in [0.15, 0.2) is 5.82 Å². The second kappa shape index (κ2) is 7.64. The zero-order chi connectivity index (χ0) is 20.5. The lowest BCUT2D eigenvalue weighted by Gasteiger charge is -2.34. The number of piperazine rings is 1. The summed E-state index contributed by atoms with van der Waals surface area (Å²) in [5.41, 5.74) is 8.29. The minimum Gasteiger partial charge on any atom is -0.369 e. The average Bonchev–Trinajstić information content (AvgIpc) is 3.14. The van der Waals surface area contributed by atoms with Crippen molar-refractivity contribution < 1.29 is 0 Å². The van der Waals surface area contributed by atoms with Gasteiger partial charge in [0, 0.05) is 49.1 Å². The minimum absolute atomic E-state index is 0.287. The highest BCUT2D eigenvalue weighted by Crippen LogP contribution is 2.24. The Morgan fingerprint density at radius 3 is 2.50 bits per heavy atom. The van der Waals surface area contributed by atoms with Gasteiger partial charge in [-0.05, 0) is 42.8 Å². The van der Waals surface area contributed by atoms with Crippen molar-refractivity contribution in [1.82, 2.24) is 24.6 Å². The Hall–Kier alpha value is -3.65. The van der Waals surface area contributed by atoms with Crippen LogP contribution < -0.4 is 16.0 Å². The van der Waals surface area contributed by atoms with Crippen LogP contribution in [-0.4, -0.2) is 57.9 Å². The molecular formula is C22H24N8. The van der Waals surface area contributed by atoms with Crippen molar-refractivity contribution in [2.75, 3.05) is 49.2 Å². The van der Waals surface area contributed by atoms with Gasteiger partial charge >= 0.3 is 0 Å². The number of likely N-dealkylation sites (N-methyl/N-ethyl adjacent to an activating group) is 1. The number of nitrogens with zero attached hydrogens (tertiary/aromatic N) is 6. The molecule has 4 aromatic rings. The molecule has 1 saturated heterocycles. The summed E-state index contributed by atoms with van der Waals surface area (Å²) in [7, 11) is 2.16. The lowest BCUT2D eigenvalue weighted by atomic mass is 10.1. The summed E-state index contributed by atoms with van der Waals surface area (Å²) in [6, 6.07) is 18.3. The second-order valence-electron chi connectivity index (χ2n) is 7.52. The van der Waals surface area contributed by atoms with Gasteiger partial charge in [-0.25, -0.2) is 4.98 Å². The number of nitrogens with one attached hydrogen (secondary N) is 1. The molecule has 3 N–H and O–H groups in total. The minimum atomic E-state index is 0.287. The van der Waals surface area contributed by atoms with Gasteiger partial charge in [0.1, 0.15) is 0 Å². The molecule has 30 heavy (non-hydrogen) atoms. The van der Waals surface area contributed by atoms with Crippen LogP contribution in [0.3, 0.4) is 0 Å². The Kier molecular flexibility index (Phi) is 4.68. The van der Waals surface area contributed by atoms with Crippen LogP contribution in [0.25, 0.3) is 16.6 Å². The Morgan fingerprint density at radius 2 is 1.70 bits per heavy atom. The van der Waals surface area contributed by atoms with Gasteiger partial charge in [-0.15, -0.1) is 5.10 Å². The molecule has 0 saturated carbocycles. The molecule has 0 radical (unpaired) electrons. The van der Waals surface area contributed by atoms with E-state index in [9.17, 15) is 0 Å². The van der Waals surface area contributed by atoms with Gasteiger partial charge in [0.2, 0.25) is 11.9 Å². The molecule has 0 atom stereocenters. The predicted molar refractivity (Wildman–Crippen MR) is 121 cm³/mol. The van der Waals surface area contributed by atoms with Crippen molar-refractivity contribution in [2.45, 2.75) is 0 Å². The second-order valence-corrected chi connectivity index (χ2v) is 7.52. The number of anilines is 4. The molecule has 0 unspecified atom stereocenters. The number of benzene rings is 2. The molecule has 1 fully saturated rings. The maximum absolute atomic E-state index is 6.15. The largest absolute Gasteiger partial charge is 0.369 e. The zero-order valence-electron chi connectivity index (χ0n) is 16.9. The van der Waals surface area contributed by atoms with E-state index in [-0.39, 0.29) is 5.95 Å². The van der Waals surface area contributed by atoms with E-state index in [0.717, 1.165) is 42.6 Å². The number of hydrogen-bond donors (Lipinski definition) is 2. The zero-order valence-corrected chi connectivity index (χ0v) is 16.9. The van der Waals surface area contributed by atoms with E-state index in [2.05, 4.69) is 49.4 Å². The molecule has 1 aliphatic heterocycles. The van der Waals surface area contributed by atoms with Gasteiger partial charge in [-0.2, -0.15) is 9.67 Å². The van der Waals surface area contributed by atoms with Crippen LogP contribution in [0.15, 0.2) is 60.8 Å². The van der Waals surface area contributed by atoms with Crippen molar-refractivity contribution in [3.63, 3.8) is 0 Å². The van der Waals surface area contributed by atoms with Gasteiger partial charge in [-0.3, -0.25) is 0 Å². The number of pyridine rings is 1. The molecule has 152 valence electrons. The van der Waals surface area contributed by atoms with Crippen molar-refractivity contribution in [3.05, 3.63) is 60.8 Å². The number of rotatable bonds is 4. The molecule has 0 bridgehead atoms. The molecule has 5 rings (SSSR count). The first-order valence-corrected chi connectivity index (χ1v) is 10.0. The lowest BCUT2D eigenvalue weighted by Crippen LogP contribution is -2.44. The molecular weight excluding hydrogens is 376 g/mol. The fourth-order valence-electron chi connectivity index (χ4n) is 3.75.